The van der Waals surface area contributed by atoms with Gasteiger partial charge in [-0.25, -0.2) is 4.39 Å². The van der Waals surface area contributed by atoms with E-state index in [9.17, 15) is 14.5 Å². The highest BCUT2D eigenvalue weighted by molar-refractivity contribution is 6.31. The second-order valence-corrected chi connectivity index (χ2v) is 3.68. The van der Waals surface area contributed by atoms with Crippen molar-refractivity contribution in [3.8, 4) is 0 Å². The van der Waals surface area contributed by atoms with Crippen molar-refractivity contribution in [1.82, 2.24) is 0 Å². The van der Waals surface area contributed by atoms with Crippen molar-refractivity contribution >= 4 is 23.0 Å². The van der Waals surface area contributed by atoms with Gasteiger partial charge in [-0.1, -0.05) is 11.6 Å². The molecule has 0 aliphatic carbocycles. The number of hydrogen-bond donors (Lipinski definition) is 2. The molecule has 0 heterocycles. The van der Waals surface area contributed by atoms with Crippen molar-refractivity contribution in [2.45, 2.75) is 13.0 Å². The van der Waals surface area contributed by atoms with Gasteiger partial charge in [0.05, 0.1) is 22.6 Å². The highest BCUT2D eigenvalue weighted by Gasteiger charge is 2.18. The van der Waals surface area contributed by atoms with Gasteiger partial charge in [-0.05, 0) is 13.0 Å². The zero-order valence-corrected chi connectivity index (χ0v) is 9.16. The van der Waals surface area contributed by atoms with Crippen molar-refractivity contribution in [2.75, 3.05) is 11.9 Å². The molecule has 0 amide bonds. The molecule has 0 bridgehead atoms. The van der Waals surface area contributed by atoms with Crippen LogP contribution in [-0.4, -0.2) is 22.7 Å². The van der Waals surface area contributed by atoms with Crippen molar-refractivity contribution in [2.24, 2.45) is 0 Å². The fourth-order valence-corrected chi connectivity index (χ4v) is 1.28. The minimum atomic E-state index is -0.851. The van der Waals surface area contributed by atoms with Crippen molar-refractivity contribution in [1.29, 1.82) is 0 Å². The molecule has 0 aromatic heterocycles. The van der Waals surface area contributed by atoms with Crippen molar-refractivity contribution in [3.63, 3.8) is 0 Å². The van der Waals surface area contributed by atoms with Gasteiger partial charge in [0.15, 0.2) is 0 Å². The summed E-state index contributed by atoms with van der Waals surface area (Å²) in [5.41, 5.74) is -0.333. The lowest BCUT2D eigenvalue weighted by Crippen LogP contribution is -2.20. The number of rotatable bonds is 4. The van der Waals surface area contributed by atoms with Crippen LogP contribution >= 0.6 is 11.6 Å². The summed E-state index contributed by atoms with van der Waals surface area (Å²) in [6, 6.07) is 1.48. The van der Waals surface area contributed by atoms with Gasteiger partial charge in [0, 0.05) is 6.04 Å². The Bertz CT molecular complexity index is 414. The third-order valence-corrected chi connectivity index (χ3v) is 2.20. The molecule has 0 fully saturated rings. The number of aliphatic hydroxyl groups excluding tert-OH is 1. The Balaban J connectivity index is 3.14. The molecule has 0 spiro atoms. The van der Waals surface area contributed by atoms with Crippen LogP contribution in [0.1, 0.15) is 6.92 Å². The smallest absolute Gasteiger partial charge is 0.295 e. The summed E-state index contributed by atoms with van der Waals surface area (Å²) >= 11 is 5.52. The Hall–Kier alpha value is -1.40. The predicted molar refractivity (Wildman–Crippen MR) is 58.2 cm³/mol. The molecule has 1 atom stereocenters. The number of nitrogens with zero attached hydrogens (tertiary/aromatic N) is 1. The van der Waals surface area contributed by atoms with Crippen LogP contribution in [0.5, 0.6) is 0 Å². The first-order chi connectivity index (χ1) is 7.45. The molecule has 1 rings (SSSR count). The van der Waals surface area contributed by atoms with Gasteiger partial charge in [-0.15, -0.1) is 0 Å². The van der Waals surface area contributed by atoms with E-state index in [2.05, 4.69) is 5.32 Å². The van der Waals surface area contributed by atoms with Gasteiger partial charge < -0.3 is 10.4 Å². The number of benzene rings is 1. The first-order valence-corrected chi connectivity index (χ1v) is 4.84. The molecule has 7 heteroatoms. The van der Waals surface area contributed by atoms with E-state index in [0.29, 0.717) is 0 Å². The third-order valence-electron chi connectivity index (χ3n) is 1.91. The fraction of sp³-hybridized carbons (Fsp3) is 0.333. The molecular weight excluding hydrogens is 239 g/mol. The second-order valence-electron chi connectivity index (χ2n) is 3.27. The van der Waals surface area contributed by atoms with Gasteiger partial charge in [-0.2, -0.15) is 0 Å². The fourth-order valence-electron chi connectivity index (χ4n) is 1.11. The zero-order valence-electron chi connectivity index (χ0n) is 8.41. The zero-order chi connectivity index (χ0) is 12.3. The topological polar surface area (TPSA) is 75.4 Å². The summed E-state index contributed by atoms with van der Waals surface area (Å²) < 4.78 is 13.0. The summed E-state index contributed by atoms with van der Waals surface area (Å²) in [7, 11) is 0. The minimum Gasteiger partial charge on any atom is -0.394 e. The average molecular weight is 249 g/mol. The standard InChI is InChI=1S/C9H10ClFN2O3/c1-5(4-14)12-8-2-6(10)7(11)3-9(8)13(15)16/h2-3,5,12,14H,4H2,1H3. The Morgan fingerprint density at radius 1 is 1.69 bits per heavy atom. The molecular formula is C9H10ClFN2O3. The van der Waals surface area contributed by atoms with E-state index in [4.69, 9.17) is 16.7 Å². The molecule has 88 valence electrons. The molecule has 0 saturated heterocycles. The first kappa shape index (κ1) is 12.7. The average Bonchev–Trinajstić information content (AvgIpc) is 2.22. The Morgan fingerprint density at radius 3 is 2.81 bits per heavy atom. The van der Waals surface area contributed by atoms with Crippen LogP contribution in [0.2, 0.25) is 5.02 Å². The molecule has 5 nitrogen and oxygen atoms in total. The number of nitro groups is 1. The van der Waals surface area contributed by atoms with Crippen LogP contribution in [0.15, 0.2) is 12.1 Å². The van der Waals surface area contributed by atoms with Crippen LogP contribution in [0, 0.1) is 15.9 Å². The van der Waals surface area contributed by atoms with Crippen LogP contribution in [0.4, 0.5) is 15.8 Å². The van der Waals surface area contributed by atoms with Crippen molar-refractivity contribution in [3.05, 3.63) is 33.1 Å². The quantitative estimate of drug-likeness (QED) is 0.633. The van der Waals surface area contributed by atoms with E-state index >= 15 is 0 Å². The van der Waals surface area contributed by atoms with E-state index in [-0.39, 0.29) is 23.4 Å². The summed E-state index contributed by atoms with van der Waals surface area (Å²) in [6.45, 7) is 1.42. The maximum atomic E-state index is 13.0. The van der Waals surface area contributed by atoms with Crippen molar-refractivity contribution < 1.29 is 14.4 Å². The molecule has 1 aromatic rings. The number of anilines is 1. The normalized spacial score (nSPS) is 12.2. The largest absolute Gasteiger partial charge is 0.394 e. The van der Waals surface area contributed by atoms with Crippen LogP contribution in [-0.2, 0) is 0 Å². The van der Waals surface area contributed by atoms with Crippen LogP contribution < -0.4 is 5.32 Å². The summed E-state index contributed by atoms with van der Waals surface area (Å²) in [5.74, 6) is -0.851. The molecule has 0 radical (unpaired) electrons. The monoisotopic (exact) mass is 248 g/mol. The van der Waals surface area contributed by atoms with E-state index in [0.717, 1.165) is 12.1 Å². The second kappa shape index (κ2) is 5.09. The number of hydrogen-bond acceptors (Lipinski definition) is 4. The van der Waals surface area contributed by atoms with Crippen LogP contribution in [0.25, 0.3) is 0 Å². The summed E-state index contributed by atoms with van der Waals surface area (Å²) in [4.78, 5) is 9.93. The van der Waals surface area contributed by atoms with E-state index < -0.39 is 16.4 Å². The number of aliphatic hydroxyl groups is 1. The first-order valence-electron chi connectivity index (χ1n) is 4.46. The van der Waals surface area contributed by atoms with E-state index in [1.54, 1.807) is 6.92 Å². The number of halogens is 2. The maximum absolute atomic E-state index is 13.0. The SMILES string of the molecule is CC(CO)Nc1cc(Cl)c(F)cc1[N+](=O)[O-]. The van der Waals surface area contributed by atoms with Gasteiger partial charge in [0.1, 0.15) is 11.5 Å². The van der Waals surface area contributed by atoms with Gasteiger partial charge in [0.2, 0.25) is 0 Å². The summed E-state index contributed by atoms with van der Waals surface area (Å²) in [5, 5.41) is 21.9. The number of nitrogens with one attached hydrogen (secondary N) is 1. The third kappa shape index (κ3) is 2.80. The lowest BCUT2D eigenvalue weighted by Gasteiger charge is -2.12. The maximum Gasteiger partial charge on any atom is 0.295 e. The Morgan fingerprint density at radius 2 is 2.31 bits per heavy atom. The van der Waals surface area contributed by atoms with Gasteiger partial charge in [-0.3, -0.25) is 10.1 Å². The summed E-state index contributed by atoms with van der Waals surface area (Å²) in [6.07, 6.45) is 0. The molecule has 0 aliphatic rings. The van der Waals surface area contributed by atoms with E-state index in [1.807, 2.05) is 0 Å². The highest BCUT2D eigenvalue weighted by atomic mass is 35.5. The van der Waals surface area contributed by atoms with Gasteiger partial charge >= 0.3 is 0 Å². The molecule has 16 heavy (non-hydrogen) atoms. The highest BCUT2D eigenvalue weighted by Crippen LogP contribution is 2.30. The molecule has 0 saturated carbocycles. The minimum absolute atomic E-state index is 0.0814. The molecule has 0 aliphatic heterocycles. The van der Waals surface area contributed by atoms with Crippen LogP contribution in [0.3, 0.4) is 0 Å². The number of nitro benzene ring substituents is 1. The Kier molecular flexibility index (Phi) is 4.03. The lowest BCUT2D eigenvalue weighted by molar-refractivity contribution is -0.384. The Labute approximate surface area is 96.0 Å². The van der Waals surface area contributed by atoms with E-state index in [1.165, 1.54) is 0 Å². The lowest BCUT2D eigenvalue weighted by atomic mass is 10.2. The molecule has 1 aromatic carbocycles. The molecule has 1 unspecified atom stereocenters. The predicted octanol–water partition coefficient (Wildman–Crippen LogP) is 2.18. The molecule has 2 N–H and O–H groups in total. The van der Waals surface area contributed by atoms with Gasteiger partial charge in [0.25, 0.3) is 5.69 Å².